The molecule has 4 atom stereocenters. The van der Waals surface area contributed by atoms with Crippen LogP contribution in [0.3, 0.4) is 0 Å². The van der Waals surface area contributed by atoms with E-state index in [1.807, 2.05) is 17.4 Å². The summed E-state index contributed by atoms with van der Waals surface area (Å²) in [6, 6.07) is 0.668. The van der Waals surface area contributed by atoms with Crippen molar-refractivity contribution in [3.05, 3.63) is 36.0 Å². The third-order valence-corrected chi connectivity index (χ3v) is 5.74. The molecule has 10 N–H and O–H groups in total. The molecule has 0 spiro atoms. The Morgan fingerprint density at radius 3 is 1.90 bits per heavy atom. The minimum Gasteiger partial charge on any atom is -0.481 e. The van der Waals surface area contributed by atoms with Gasteiger partial charge in [0, 0.05) is 23.5 Å². The van der Waals surface area contributed by atoms with Gasteiger partial charge in [-0.15, -0.1) is 0 Å². The number of rotatable bonds is 16. The van der Waals surface area contributed by atoms with E-state index in [0.717, 1.165) is 10.9 Å². The molecular weight excluding hydrogens is 534 g/mol. The van der Waals surface area contributed by atoms with E-state index in [-0.39, 0.29) is 6.42 Å². The molecule has 216 valence electrons. The molecule has 0 fully saturated rings. The highest BCUT2D eigenvalue weighted by atomic mass is 16.4. The summed E-state index contributed by atoms with van der Waals surface area (Å²) in [5, 5.41) is 43.3. The number of aliphatic carboxylic acids is 4. The second-order valence-corrected chi connectivity index (χ2v) is 8.82. The lowest BCUT2D eigenvalue weighted by Gasteiger charge is -2.24. The molecule has 0 saturated carbocycles. The first-order valence-corrected chi connectivity index (χ1v) is 11.9. The van der Waals surface area contributed by atoms with Crippen molar-refractivity contribution >= 4 is 52.5 Å². The van der Waals surface area contributed by atoms with Gasteiger partial charge >= 0.3 is 23.9 Å². The average molecular weight is 564 g/mol. The van der Waals surface area contributed by atoms with Crippen LogP contribution in [0.25, 0.3) is 10.9 Å². The Kier molecular flexibility index (Phi) is 11.1. The topological polar surface area (TPSA) is 278 Å². The van der Waals surface area contributed by atoms with Crippen LogP contribution >= 0.6 is 0 Å². The zero-order valence-corrected chi connectivity index (χ0v) is 21.0. The highest BCUT2D eigenvalue weighted by Gasteiger charge is 2.32. The van der Waals surface area contributed by atoms with Gasteiger partial charge in [0.15, 0.2) is 0 Å². The molecule has 16 nitrogen and oxygen atoms in total. The molecule has 3 amide bonds. The predicted molar refractivity (Wildman–Crippen MR) is 135 cm³/mol. The van der Waals surface area contributed by atoms with Gasteiger partial charge in [-0.05, 0) is 24.5 Å². The number of hydrogen-bond donors (Lipinski definition) is 9. The Morgan fingerprint density at radius 1 is 0.750 bits per heavy atom. The van der Waals surface area contributed by atoms with Gasteiger partial charge in [0.1, 0.15) is 18.1 Å². The number of carbonyl (C=O) groups excluding carboxylic acids is 3. The van der Waals surface area contributed by atoms with Gasteiger partial charge in [-0.2, -0.15) is 0 Å². The number of nitrogens with one attached hydrogen (secondary N) is 4. The number of fused-ring (bicyclic) bond motifs is 1. The number of carbonyl (C=O) groups is 7. The SMILES string of the molecule is NC(Cc1c[nH]c2ccccc12)C(=O)NC(CC(=O)O)C(=O)NC(CCC(=O)O)C(=O)NC(CC(=O)O)C(=O)O. The summed E-state index contributed by atoms with van der Waals surface area (Å²) in [6.07, 6.45) is -1.48. The van der Waals surface area contributed by atoms with E-state index in [1.54, 1.807) is 18.3 Å². The van der Waals surface area contributed by atoms with Gasteiger partial charge in [-0.25, -0.2) is 4.79 Å². The van der Waals surface area contributed by atoms with Gasteiger partial charge < -0.3 is 47.1 Å². The van der Waals surface area contributed by atoms with Crippen LogP contribution in [0, 0.1) is 0 Å². The maximum atomic E-state index is 12.9. The van der Waals surface area contributed by atoms with Crippen LogP contribution in [0.4, 0.5) is 0 Å². The van der Waals surface area contributed by atoms with E-state index in [1.165, 1.54) is 0 Å². The van der Waals surface area contributed by atoms with Gasteiger partial charge in [-0.3, -0.25) is 28.8 Å². The summed E-state index contributed by atoms with van der Waals surface area (Å²) in [5.41, 5.74) is 7.48. The monoisotopic (exact) mass is 563 g/mol. The van der Waals surface area contributed by atoms with Crippen LogP contribution in [-0.2, 0) is 40.0 Å². The van der Waals surface area contributed by atoms with Crippen LogP contribution in [0.5, 0.6) is 0 Å². The van der Waals surface area contributed by atoms with Crippen molar-refractivity contribution in [2.45, 2.75) is 56.3 Å². The maximum Gasteiger partial charge on any atom is 0.326 e. The summed E-state index contributed by atoms with van der Waals surface area (Å²) >= 11 is 0. The number of carboxylic acid groups (broad SMARTS) is 4. The third-order valence-electron chi connectivity index (χ3n) is 5.74. The second-order valence-electron chi connectivity index (χ2n) is 8.82. The van der Waals surface area contributed by atoms with E-state index in [9.17, 15) is 38.7 Å². The zero-order chi connectivity index (χ0) is 30.0. The standard InChI is InChI=1S/C24H29N5O11/c25-13(7-11-10-26-14-4-2-1-3-12(11)14)21(36)28-16(8-19(32)33)23(38)27-15(5-6-18(30)31)22(37)29-17(24(39)40)9-20(34)35/h1-4,10,13,15-17,26H,5-9,25H2,(H,27,38)(H,28,36)(H,29,37)(H,30,31)(H,32,33)(H,34,35)(H,39,40). The van der Waals surface area contributed by atoms with E-state index in [4.69, 9.17) is 21.1 Å². The average Bonchev–Trinajstić information content (AvgIpc) is 3.27. The van der Waals surface area contributed by atoms with Crippen molar-refractivity contribution in [3.8, 4) is 0 Å². The summed E-state index contributed by atoms with van der Waals surface area (Å²) in [6.45, 7) is 0. The molecule has 40 heavy (non-hydrogen) atoms. The molecule has 0 aliphatic heterocycles. The molecule has 0 saturated heterocycles. The molecule has 0 aliphatic rings. The Labute approximate surface area is 225 Å². The van der Waals surface area contributed by atoms with Crippen molar-refractivity contribution in [2.75, 3.05) is 0 Å². The fraction of sp³-hybridized carbons (Fsp3) is 0.375. The molecule has 0 aliphatic carbocycles. The lowest BCUT2D eigenvalue weighted by molar-refractivity contribution is -0.147. The Morgan fingerprint density at radius 2 is 1.30 bits per heavy atom. The van der Waals surface area contributed by atoms with E-state index in [2.05, 4.69) is 15.6 Å². The van der Waals surface area contributed by atoms with Gasteiger partial charge in [0.2, 0.25) is 17.7 Å². The molecule has 0 bridgehead atoms. The van der Waals surface area contributed by atoms with Gasteiger partial charge in [0.05, 0.1) is 18.9 Å². The number of carboxylic acids is 4. The third kappa shape index (κ3) is 9.39. The molecule has 1 aromatic carbocycles. The van der Waals surface area contributed by atoms with Gasteiger partial charge in [0.25, 0.3) is 0 Å². The van der Waals surface area contributed by atoms with E-state index in [0.29, 0.717) is 5.56 Å². The summed E-state index contributed by atoms with van der Waals surface area (Å²) in [7, 11) is 0. The summed E-state index contributed by atoms with van der Waals surface area (Å²) < 4.78 is 0. The minimum atomic E-state index is -1.90. The fourth-order valence-corrected chi connectivity index (χ4v) is 3.75. The number of aromatic amines is 1. The zero-order valence-electron chi connectivity index (χ0n) is 21.0. The van der Waals surface area contributed by atoms with Crippen LogP contribution in [0.2, 0.25) is 0 Å². The molecular formula is C24H29N5O11. The predicted octanol–water partition coefficient (Wildman–Crippen LogP) is -1.61. The number of amides is 3. The quantitative estimate of drug-likeness (QED) is 0.112. The van der Waals surface area contributed by atoms with E-state index < -0.39 is 91.4 Å². The van der Waals surface area contributed by atoms with Crippen LogP contribution < -0.4 is 21.7 Å². The first-order chi connectivity index (χ1) is 18.8. The van der Waals surface area contributed by atoms with Crippen LogP contribution in [0.1, 0.15) is 31.2 Å². The highest BCUT2D eigenvalue weighted by Crippen LogP contribution is 2.18. The van der Waals surface area contributed by atoms with E-state index >= 15 is 0 Å². The first kappa shape index (κ1) is 31.2. The molecule has 2 rings (SSSR count). The second kappa shape index (κ2) is 14.2. The number of benzene rings is 1. The molecule has 0 radical (unpaired) electrons. The van der Waals surface area contributed by atoms with Crippen molar-refractivity contribution in [1.29, 1.82) is 0 Å². The Bertz CT molecular complexity index is 1290. The lowest BCUT2D eigenvalue weighted by Crippen LogP contribution is -2.57. The summed E-state index contributed by atoms with van der Waals surface area (Å²) in [4.78, 5) is 86.0. The number of aromatic nitrogens is 1. The van der Waals surface area contributed by atoms with Crippen molar-refractivity contribution in [2.24, 2.45) is 5.73 Å². The number of H-pyrrole nitrogens is 1. The normalized spacial score (nSPS) is 13.8. The number of hydrogen-bond acceptors (Lipinski definition) is 8. The minimum absolute atomic E-state index is 0.0288. The molecule has 2 aromatic rings. The highest BCUT2D eigenvalue weighted by molar-refractivity contribution is 5.96. The fourth-order valence-electron chi connectivity index (χ4n) is 3.75. The van der Waals surface area contributed by atoms with Crippen molar-refractivity contribution in [1.82, 2.24) is 20.9 Å². The Balaban J connectivity index is 2.16. The summed E-state index contributed by atoms with van der Waals surface area (Å²) in [5.74, 6) is -9.40. The van der Waals surface area contributed by atoms with Gasteiger partial charge in [-0.1, -0.05) is 18.2 Å². The number of para-hydroxylation sites is 1. The molecule has 4 unspecified atom stereocenters. The van der Waals surface area contributed by atoms with Crippen LogP contribution in [0.15, 0.2) is 30.5 Å². The molecule has 1 heterocycles. The smallest absolute Gasteiger partial charge is 0.326 e. The molecule has 1 aromatic heterocycles. The number of nitrogens with two attached hydrogens (primary N) is 1. The van der Waals surface area contributed by atoms with Crippen molar-refractivity contribution < 1.29 is 54.0 Å². The van der Waals surface area contributed by atoms with Crippen molar-refractivity contribution in [3.63, 3.8) is 0 Å². The largest absolute Gasteiger partial charge is 0.481 e. The first-order valence-electron chi connectivity index (χ1n) is 11.9. The lowest BCUT2D eigenvalue weighted by atomic mass is 10.0. The molecule has 16 heteroatoms. The maximum absolute atomic E-state index is 12.9. The van der Waals surface area contributed by atoms with Crippen LogP contribution in [-0.4, -0.2) is 91.2 Å². The Hall–Kier alpha value is -4.99.